The molecule has 0 saturated carbocycles. The second-order valence-corrected chi connectivity index (χ2v) is 3.91. The van der Waals surface area contributed by atoms with E-state index in [-0.39, 0.29) is 17.7 Å². The Balaban J connectivity index is 2.79. The number of methoxy groups -OCH3 is 1. The lowest BCUT2D eigenvalue weighted by Crippen LogP contribution is -2.39. The molecule has 0 heterocycles. The quantitative estimate of drug-likeness (QED) is 0.835. The Morgan fingerprint density at radius 1 is 1.47 bits per heavy atom. The lowest BCUT2D eigenvalue weighted by molar-refractivity contribution is -0.122. The standard InChI is InChI=1S/C12H17FN2O2/c1-7(14)12(16)15-8(2)9-4-5-11(17-3)10(13)6-9/h4-8H,14H2,1-3H3,(H,15,16)/t7-,8?/m1/s1. The summed E-state index contributed by atoms with van der Waals surface area (Å²) in [5.74, 6) is -0.542. The summed E-state index contributed by atoms with van der Waals surface area (Å²) in [6.45, 7) is 3.36. The molecule has 0 spiro atoms. The van der Waals surface area contributed by atoms with Gasteiger partial charge in [0.1, 0.15) is 0 Å². The van der Waals surface area contributed by atoms with Crippen molar-refractivity contribution in [3.8, 4) is 5.75 Å². The van der Waals surface area contributed by atoms with E-state index in [4.69, 9.17) is 10.5 Å². The van der Waals surface area contributed by atoms with Gasteiger partial charge in [-0.2, -0.15) is 0 Å². The van der Waals surface area contributed by atoms with E-state index in [9.17, 15) is 9.18 Å². The predicted octanol–water partition coefficient (Wildman–Crippen LogP) is 1.36. The van der Waals surface area contributed by atoms with E-state index < -0.39 is 11.9 Å². The Morgan fingerprint density at radius 2 is 2.12 bits per heavy atom. The van der Waals surface area contributed by atoms with Crippen molar-refractivity contribution in [3.05, 3.63) is 29.6 Å². The third-order valence-electron chi connectivity index (χ3n) is 2.45. The highest BCUT2D eigenvalue weighted by Crippen LogP contribution is 2.21. The summed E-state index contributed by atoms with van der Waals surface area (Å²) in [5, 5.41) is 2.69. The molecule has 1 amide bonds. The molecule has 17 heavy (non-hydrogen) atoms. The van der Waals surface area contributed by atoms with Gasteiger partial charge in [0.25, 0.3) is 0 Å². The summed E-state index contributed by atoms with van der Waals surface area (Å²) >= 11 is 0. The minimum Gasteiger partial charge on any atom is -0.494 e. The highest BCUT2D eigenvalue weighted by molar-refractivity contribution is 5.81. The van der Waals surface area contributed by atoms with Crippen molar-refractivity contribution in [1.29, 1.82) is 0 Å². The first-order valence-electron chi connectivity index (χ1n) is 5.35. The predicted molar refractivity (Wildman–Crippen MR) is 63.2 cm³/mol. The first-order chi connectivity index (χ1) is 7.95. The molecule has 0 aliphatic carbocycles. The number of rotatable bonds is 4. The second kappa shape index (κ2) is 5.63. The lowest BCUT2D eigenvalue weighted by Gasteiger charge is -2.16. The summed E-state index contributed by atoms with van der Waals surface area (Å²) in [6, 6.07) is 3.69. The van der Waals surface area contributed by atoms with Crippen molar-refractivity contribution in [3.63, 3.8) is 0 Å². The number of carbonyl (C=O) groups is 1. The van der Waals surface area contributed by atoms with Gasteiger partial charge in [-0.25, -0.2) is 4.39 Å². The average Bonchev–Trinajstić information content (AvgIpc) is 2.28. The van der Waals surface area contributed by atoms with Crippen LogP contribution in [0.15, 0.2) is 18.2 Å². The molecule has 1 aromatic carbocycles. The molecule has 0 saturated heterocycles. The van der Waals surface area contributed by atoms with Crippen LogP contribution in [-0.2, 0) is 4.79 Å². The Hall–Kier alpha value is -1.62. The van der Waals surface area contributed by atoms with Gasteiger partial charge in [-0.05, 0) is 31.5 Å². The van der Waals surface area contributed by atoms with Crippen LogP contribution in [0.4, 0.5) is 4.39 Å². The van der Waals surface area contributed by atoms with E-state index in [1.807, 2.05) is 0 Å². The van der Waals surface area contributed by atoms with Crippen LogP contribution in [0.2, 0.25) is 0 Å². The van der Waals surface area contributed by atoms with Gasteiger partial charge >= 0.3 is 0 Å². The van der Waals surface area contributed by atoms with Crippen LogP contribution in [-0.4, -0.2) is 19.1 Å². The molecule has 3 N–H and O–H groups in total. The number of nitrogens with two attached hydrogens (primary N) is 1. The monoisotopic (exact) mass is 240 g/mol. The van der Waals surface area contributed by atoms with Gasteiger partial charge in [0.05, 0.1) is 19.2 Å². The van der Waals surface area contributed by atoms with Crippen LogP contribution in [0.1, 0.15) is 25.5 Å². The Morgan fingerprint density at radius 3 is 2.59 bits per heavy atom. The minimum atomic E-state index is -0.583. The van der Waals surface area contributed by atoms with Crippen LogP contribution in [0.25, 0.3) is 0 Å². The fraction of sp³-hybridized carbons (Fsp3) is 0.417. The van der Waals surface area contributed by atoms with Crippen molar-refractivity contribution >= 4 is 5.91 Å². The van der Waals surface area contributed by atoms with Gasteiger partial charge in [-0.3, -0.25) is 4.79 Å². The molecule has 2 atom stereocenters. The highest BCUT2D eigenvalue weighted by Gasteiger charge is 2.14. The fourth-order valence-electron chi connectivity index (χ4n) is 1.38. The Kier molecular flexibility index (Phi) is 4.45. The first-order valence-corrected chi connectivity index (χ1v) is 5.35. The fourth-order valence-corrected chi connectivity index (χ4v) is 1.38. The summed E-state index contributed by atoms with van der Waals surface area (Å²) in [7, 11) is 1.40. The molecule has 4 nitrogen and oxygen atoms in total. The molecule has 0 radical (unpaired) electrons. The van der Waals surface area contributed by atoms with Gasteiger partial charge in [0.2, 0.25) is 5.91 Å². The van der Waals surface area contributed by atoms with Crippen LogP contribution >= 0.6 is 0 Å². The van der Waals surface area contributed by atoms with E-state index in [1.54, 1.807) is 19.9 Å². The Labute approximate surface area is 100.0 Å². The van der Waals surface area contributed by atoms with Crippen LogP contribution in [0.3, 0.4) is 0 Å². The largest absolute Gasteiger partial charge is 0.494 e. The average molecular weight is 240 g/mol. The molecule has 1 aromatic rings. The Bertz CT molecular complexity index is 407. The number of nitrogens with one attached hydrogen (secondary N) is 1. The molecule has 1 unspecified atom stereocenters. The van der Waals surface area contributed by atoms with Crippen molar-refractivity contribution in [2.45, 2.75) is 25.9 Å². The molecule has 0 fully saturated rings. The molecule has 1 rings (SSSR count). The minimum absolute atomic E-state index is 0.180. The summed E-state index contributed by atoms with van der Waals surface area (Å²) in [4.78, 5) is 11.4. The molecule has 0 aromatic heterocycles. The highest BCUT2D eigenvalue weighted by atomic mass is 19.1. The molecule has 0 aliphatic heterocycles. The van der Waals surface area contributed by atoms with Crippen molar-refractivity contribution < 1.29 is 13.9 Å². The van der Waals surface area contributed by atoms with E-state index >= 15 is 0 Å². The third kappa shape index (κ3) is 3.42. The van der Waals surface area contributed by atoms with Crippen molar-refractivity contribution in [2.24, 2.45) is 5.73 Å². The number of halogens is 1. The normalized spacial score (nSPS) is 13.9. The summed E-state index contributed by atoms with van der Waals surface area (Å²) < 4.78 is 18.3. The maximum absolute atomic E-state index is 13.4. The van der Waals surface area contributed by atoms with Gasteiger partial charge in [0.15, 0.2) is 11.6 Å². The molecular formula is C12H17FN2O2. The van der Waals surface area contributed by atoms with Crippen LogP contribution in [0.5, 0.6) is 5.75 Å². The number of ether oxygens (including phenoxy) is 1. The second-order valence-electron chi connectivity index (χ2n) is 3.91. The topological polar surface area (TPSA) is 64.3 Å². The maximum Gasteiger partial charge on any atom is 0.237 e. The van der Waals surface area contributed by atoms with Gasteiger partial charge in [-0.1, -0.05) is 6.07 Å². The summed E-state index contributed by atoms with van der Waals surface area (Å²) in [5.41, 5.74) is 6.10. The van der Waals surface area contributed by atoms with E-state index in [0.717, 1.165) is 0 Å². The van der Waals surface area contributed by atoms with Gasteiger partial charge in [-0.15, -0.1) is 0 Å². The van der Waals surface area contributed by atoms with Gasteiger partial charge in [0, 0.05) is 0 Å². The molecule has 0 aliphatic rings. The zero-order chi connectivity index (χ0) is 13.0. The molecule has 5 heteroatoms. The zero-order valence-electron chi connectivity index (χ0n) is 10.2. The van der Waals surface area contributed by atoms with Crippen LogP contribution < -0.4 is 15.8 Å². The van der Waals surface area contributed by atoms with Crippen molar-refractivity contribution in [2.75, 3.05) is 7.11 Å². The smallest absolute Gasteiger partial charge is 0.237 e. The number of benzene rings is 1. The molecular weight excluding hydrogens is 223 g/mol. The number of amides is 1. The summed E-state index contributed by atoms with van der Waals surface area (Å²) in [6.07, 6.45) is 0. The van der Waals surface area contributed by atoms with E-state index in [1.165, 1.54) is 19.2 Å². The van der Waals surface area contributed by atoms with E-state index in [0.29, 0.717) is 5.56 Å². The van der Waals surface area contributed by atoms with Gasteiger partial charge < -0.3 is 15.8 Å². The third-order valence-corrected chi connectivity index (χ3v) is 2.45. The van der Waals surface area contributed by atoms with E-state index in [2.05, 4.69) is 5.32 Å². The first kappa shape index (κ1) is 13.4. The SMILES string of the molecule is COc1ccc(C(C)NC(=O)[C@@H](C)N)cc1F. The molecule has 0 bridgehead atoms. The van der Waals surface area contributed by atoms with Crippen LogP contribution in [0, 0.1) is 5.82 Å². The number of hydrogen-bond donors (Lipinski definition) is 2. The maximum atomic E-state index is 13.4. The number of carbonyl (C=O) groups excluding carboxylic acids is 1. The molecule has 94 valence electrons. The van der Waals surface area contributed by atoms with Crippen molar-refractivity contribution in [1.82, 2.24) is 5.32 Å². The zero-order valence-corrected chi connectivity index (χ0v) is 10.2. The number of hydrogen-bond acceptors (Lipinski definition) is 3. The lowest BCUT2D eigenvalue weighted by atomic mass is 10.1.